The van der Waals surface area contributed by atoms with E-state index in [0.717, 1.165) is 48.6 Å². The van der Waals surface area contributed by atoms with E-state index in [4.69, 9.17) is 30.8 Å². The van der Waals surface area contributed by atoms with Gasteiger partial charge in [0.2, 0.25) is 0 Å². The van der Waals surface area contributed by atoms with Gasteiger partial charge in [-0.1, -0.05) is 23.7 Å². The first-order valence-electron chi connectivity index (χ1n) is 10.2. The summed E-state index contributed by atoms with van der Waals surface area (Å²) in [6.45, 7) is 3.81. The highest BCUT2D eigenvalue weighted by atomic mass is 35.5. The number of morpholine rings is 1. The fourth-order valence-corrected chi connectivity index (χ4v) is 4.25. The van der Waals surface area contributed by atoms with Crippen molar-refractivity contribution >= 4 is 28.3 Å². The minimum Gasteiger partial charge on any atom is -0.473 e. The van der Waals surface area contributed by atoms with Crippen LogP contribution in [0, 0.1) is 0 Å². The van der Waals surface area contributed by atoms with Gasteiger partial charge in [-0.15, -0.1) is 0 Å². The maximum Gasteiger partial charge on any atom is 0.193 e. The molecule has 0 spiro atoms. The number of benzene rings is 1. The van der Waals surface area contributed by atoms with Crippen molar-refractivity contribution in [2.24, 2.45) is 0 Å². The van der Waals surface area contributed by atoms with E-state index in [-0.39, 0.29) is 18.8 Å². The Balaban J connectivity index is 1.36. The van der Waals surface area contributed by atoms with Crippen LogP contribution >= 0.6 is 11.6 Å². The summed E-state index contributed by atoms with van der Waals surface area (Å²) in [6.07, 6.45) is 0.428. The highest BCUT2D eigenvalue weighted by Crippen LogP contribution is 2.32. The lowest BCUT2D eigenvalue weighted by atomic mass is 10.1. The van der Waals surface area contributed by atoms with Crippen molar-refractivity contribution < 1.29 is 19.3 Å². The molecule has 3 aromatic rings. The first kappa shape index (κ1) is 19.6. The van der Waals surface area contributed by atoms with E-state index < -0.39 is 0 Å². The van der Waals surface area contributed by atoms with Crippen molar-refractivity contribution in [2.45, 2.75) is 18.6 Å². The maximum atomic E-state index is 9.20. The van der Waals surface area contributed by atoms with Crippen LogP contribution in [0.3, 0.4) is 0 Å². The molecule has 2 saturated heterocycles. The second-order valence-corrected chi connectivity index (χ2v) is 8.05. The third-order valence-electron chi connectivity index (χ3n) is 5.59. The molecule has 0 radical (unpaired) electrons. The molecule has 2 aliphatic heterocycles. The molecule has 4 heterocycles. The number of aromatic nitrogens is 2. The monoisotopic (exact) mass is 429 g/mol. The van der Waals surface area contributed by atoms with Crippen LogP contribution in [-0.2, 0) is 9.47 Å². The Bertz CT molecular complexity index is 1020. The van der Waals surface area contributed by atoms with Crippen molar-refractivity contribution in [1.82, 2.24) is 9.97 Å². The number of aliphatic hydroxyl groups is 1. The van der Waals surface area contributed by atoms with Gasteiger partial charge in [-0.2, -0.15) is 0 Å². The zero-order chi connectivity index (χ0) is 20.5. The molecular weight excluding hydrogens is 406 g/mol. The Morgan fingerprint density at radius 1 is 1.20 bits per heavy atom. The third-order valence-corrected chi connectivity index (χ3v) is 5.88. The summed E-state index contributed by atoms with van der Waals surface area (Å²) in [5.41, 5.74) is 4.50. The van der Waals surface area contributed by atoms with E-state index in [0.29, 0.717) is 23.9 Å². The number of aliphatic hydroxyl groups excluding tert-OH is 1. The van der Waals surface area contributed by atoms with Crippen LogP contribution in [0.5, 0.6) is 5.88 Å². The number of nitrogens with zero attached hydrogens (tertiary/aromatic N) is 2. The molecule has 2 atom stereocenters. The molecule has 0 aliphatic carbocycles. The molecular formula is C22H24ClN3O4. The minimum atomic E-state index is -0.154. The van der Waals surface area contributed by atoms with Gasteiger partial charge >= 0.3 is 0 Å². The number of rotatable bonds is 5. The molecule has 2 aromatic heterocycles. The molecule has 0 unspecified atom stereocenters. The number of hydrogen-bond acceptors (Lipinski definition) is 6. The summed E-state index contributed by atoms with van der Waals surface area (Å²) in [5, 5.41) is 9.79. The molecule has 0 saturated carbocycles. The first-order chi connectivity index (χ1) is 14.7. The number of aromatic amines is 1. The summed E-state index contributed by atoms with van der Waals surface area (Å²) in [6, 6.07) is 12.1. The van der Waals surface area contributed by atoms with Gasteiger partial charge in [0.15, 0.2) is 5.88 Å². The number of fused-ring (bicyclic) bond motifs is 1. The van der Waals surface area contributed by atoms with Gasteiger partial charge in [0.05, 0.1) is 54.3 Å². The van der Waals surface area contributed by atoms with Crippen molar-refractivity contribution in [3.8, 4) is 17.1 Å². The van der Waals surface area contributed by atoms with Crippen LogP contribution in [0.4, 0.5) is 5.69 Å². The van der Waals surface area contributed by atoms with E-state index in [9.17, 15) is 5.11 Å². The van der Waals surface area contributed by atoms with Gasteiger partial charge in [0, 0.05) is 36.8 Å². The van der Waals surface area contributed by atoms with Gasteiger partial charge in [0.1, 0.15) is 6.10 Å². The standard InChI is InChI=1S/C22H24ClN3O4/c23-18-10-19-20(11-21(24-19)30-17-9-16(12-27)29-13-17)25-22(18)14-1-3-15(4-2-14)26-5-7-28-8-6-26/h1-4,10-11,16-17,24,27H,5-9,12-13H2/t16-,17-/m0/s1. The Hall–Kier alpha value is -2.32. The molecule has 2 N–H and O–H groups in total. The summed E-state index contributed by atoms with van der Waals surface area (Å²) < 4.78 is 16.9. The average Bonchev–Trinajstić information content (AvgIpc) is 3.40. The van der Waals surface area contributed by atoms with Crippen molar-refractivity contribution in [3.63, 3.8) is 0 Å². The Morgan fingerprint density at radius 2 is 2.00 bits per heavy atom. The molecule has 8 heteroatoms. The first-order valence-corrected chi connectivity index (χ1v) is 10.6. The average molecular weight is 430 g/mol. The summed E-state index contributed by atoms with van der Waals surface area (Å²) >= 11 is 6.55. The fourth-order valence-electron chi connectivity index (χ4n) is 3.99. The quantitative estimate of drug-likeness (QED) is 0.648. The predicted molar refractivity (Wildman–Crippen MR) is 115 cm³/mol. The summed E-state index contributed by atoms with van der Waals surface area (Å²) in [7, 11) is 0. The number of hydrogen-bond donors (Lipinski definition) is 2. The minimum absolute atomic E-state index is 0.0113. The number of pyridine rings is 1. The lowest BCUT2D eigenvalue weighted by Crippen LogP contribution is -2.36. The molecule has 2 fully saturated rings. The van der Waals surface area contributed by atoms with Gasteiger partial charge in [0.25, 0.3) is 0 Å². The van der Waals surface area contributed by atoms with Crippen LogP contribution in [0.2, 0.25) is 5.02 Å². The topological polar surface area (TPSA) is 79.8 Å². The van der Waals surface area contributed by atoms with Gasteiger partial charge in [-0.25, -0.2) is 4.98 Å². The van der Waals surface area contributed by atoms with Crippen molar-refractivity contribution in [3.05, 3.63) is 41.4 Å². The van der Waals surface area contributed by atoms with E-state index in [1.807, 2.05) is 12.1 Å². The predicted octanol–water partition coefficient (Wildman–Crippen LogP) is 3.25. The van der Waals surface area contributed by atoms with E-state index in [2.05, 4.69) is 34.1 Å². The molecule has 2 aliphatic rings. The zero-order valence-electron chi connectivity index (χ0n) is 16.5. The highest BCUT2D eigenvalue weighted by Gasteiger charge is 2.27. The Labute approximate surface area is 179 Å². The smallest absolute Gasteiger partial charge is 0.193 e. The van der Waals surface area contributed by atoms with Gasteiger partial charge in [-0.3, -0.25) is 0 Å². The Kier molecular flexibility index (Phi) is 5.52. The van der Waals surface area contributed by atoms with E-state index in [1.165, 1.54) is 5.69 Å². The molecule has 1 aromatic carbocycles. The van der Waals surface area contributed by atoms with Crippen LogP contribution in [0.25, 0.3) is 22.3 Å². The normalized spacial score (nSPS) is 22.0. The molecule has 5 rings (SSSR count). The lowest BCUT2D eigenvalue weighted by molar-refractivity contribution is 0.0531. The largest absolute Gasteiger partial charge is 0.473 e. The number of ether oxygens (including phenoxy) is 3. The van der Waals surface area contributed by atoms with Crippen LogP contribution in [0.15, 0.2) is 36.4 Å². The SMILES string of the molecule is OC[C@@H]1C[C@H](Oc2cc3nc(-c4ccc(N5CCOCC5)cc4)c(Cl)cc3[nH]2)CO1. The molecule has 0 bridgehead atoms. The molecule has 158 valence electrons. The third kappa shape index (κ3) is 3.98. The van der Waals surface area contributed by atoms with Crippen LogP contribution in [0.1, 0.15) is 6.42 Å². The van der Waals surface area contributed by atoms with Crippen LogP contribution in [-0.4, -0.2) is 66.8 Å². The van der Waals surface area contributed by atoms with E-state index in [1.54, 1.807) is 0 Å². The molecule has 30 heavy (non-hydrogen) atoms. The maximum absolute atomic E-state index is 9.20. The summed E-state index contributed by atoms with van der Waals surface area (Å²) in [5.74, 6) is 0.626. The Morgan fingerprint density at radius 3 is 2.73 bits per heavy atom. The number of nitrogens with one attached hydrogen (secondary N) is 1. The van der Waals surface area contributed by atoms with E-state index >= 15 is 0 Å². The molecule has 7 nitrogen and oxygen atoms in total. The number of anilines is 1. The van der Waals surface area contributed by atoms with Crippen molar-refractivity contribution in [1.29, 1.82) is 0 Å². The number of halogens is 1. The highest BCUT2D eigenvalue weighted by molar-refractivity contribution is 6.33. The zero-order valence-corrected chi connectivity index (χ0v) is 17.3. The van der Waals surface area contributed by atoms with Crippen LogP contribution < -0.4 is 9.64 Å². The second kappa shape index (κ2) is 8.43. The lowest BCUT2D eigenvalue weighted by Gasteiger charge is -2.28. The number of H-pyrrole nitrogens is 1. The van der Waals surface area contributed by atoms with Gasteiger partial charge < -0.3 is 29.2 Å². The molecule has 0 amide bonds. The van der Waals surface area contributed by atoms with Gasteiger partial charge in [-0.05, 0) is 18.2 Å². The van der Waals surface area contributed by atoms with Crippen molar-refractivity contribution in [2.75, 3.05) is 44.4 Å². The second-order valence-electron chi connectivity index (χ2n) is 7.64. The fraction of sp³-hybridized carbons (Fsp3) is 0.409. The summed E-state index contributed by atoms with van der Waals surface area (Å²) in [4.78, 5) is 10.3.